The number of hydrogen-bond acceptors (Lipinski definition) is 4. The van der Waals surface area contributed by atoms with Crippen LogP contribution in [0.4, 0.5) is 5.69 Å². The molecular formula is C10H6ClN3O2. The molecule has 2 rings (SSSR count). The normalized spacial score (nSPS) is 10.1. The highest BCUT2D eigenvalue weighted by Gasteiger charge is 2.14. The molecule has 0 radical (unpaired) electrons. The molecule has 5 nitrogen and oxygen atoms in total. The molecule has 2 aromatic rings. The van der Waals surface area contributed by atoms with Gasteiger partial charge in [0.05, 0.1) is 4.92 Å². The molecule has 0 saturated heterocycles. The molecule has 0 amide bonds. The smallest absolute Gasteiger partial charge is 0.264 e. The Morgan fingerprint density at radius 2 is 2.12 bits per heavy atom. The Hall–Kier alpha value is -2.01. The lowest BCUT2D eigenvalue weighted by Gasteiger charge is -2.00. The van der Waals surface area contributed by atoms with Crippen LogP contribution in [0.2, 0.25) is 5.15 Å². The third kappa shape index (κ3) is 1.99. The van der Waals surface area contributed by atoms with Crippen LogP contribution < -0.4 is 0 Å². The van der Waals surface area contributed by atoms with Gasteiger partial charge in [-0.15, -0.1) is 0 Å². The fourth-order valence-electron chi connectivity index (χ4n) is 1.26. The third-order valence-corrected chi connectivity index (χ3v) is 2.30. The Morgan fingerprint density at radius 3 is 2.75 bits per heavy atom. The maximum absolute atomic E-state index is 10.7. The first-order valence-electron chi connectivity index (χ1n) is 4.39. The summed E-state index contributed by atoms with van der Waals surface area (Å²) < 4.78 is 0. The molecule has 0 N–H and O–H groups in total. The van der Waals surface area contributed by atoms with E-state index in [0.717, 1.165) is 5.56 Å². The van der Waals surface area contributed by atoms with Crippen molar-refractivity contribution in [3.8, 4) is 11.1 Å². The van der Waals surface area contributed by atoms with Crippen LogP contribution in [-0.2, 0) is 0 Å². The number of hydrogen-bond donors (Lipinski definition) is 0. The summed E-state index contributed by atoms with van der Waals surface area (Å²) >= 11 is 5.61. The molecule has 0 bridgehead atoms. The van der Waals surface area contributed by atoms with E-state index in [1.165, 1.54) is 12.3 Å². The van der Waals surface area contributed by atoms with E-state index in [0.29, 0.717) is 5.56 Å². The molecule has 0 spiro atoms. The molecule has 2 heterocycles. The standard InChI is InChI=1S/C10H6ClN3O2/c11-10-9(14(15)16)4-8(6-13-10)7-2-1-3-12-5-7/h1-6H. The van der Waals surface area contributed by atoms with Crippen LogP contribution in [0.3, 0.4) is 0 Å². The number of pyridine rings is 2. The average molecular weight is 236 g/mol. The van der Waals surface area contributed by atoms with E-state index in [9.17, 15) is 10.1 Å². The summed E-state index contributed by atoms with van der Waals surface area (Å²) in [5.74, 6) is 0. The predicted molar refractivity (Wildman–Crippen MR) is 59.1 cm³/mol. The van der Waals surface area contributed by atoms with E-state index in [4.69, 9.17) is 11.6 Å². The second kappa shape index (κ2) is 4.24. The van der Waals surface area contributed by atoms with Gasteiger partial charge in [0.2, 0.25) is 5.15 Å². The molecule has 0 fully saturated rings. The molecule has 0 atom stereocenters. The van der Waals surface area contributed by atoms with Crippen LogP contribution >= 0.6 is 11.6 Å². The van der Waals surface area contributed by atoms with E-state index >= 15 is 0 Å². The summed E-state index contributed by atoms with van der Waals surface area (Å²) in [7, 11) is 0. The molecule has 0 aliphatic rings. The molecule has 0 unspecified atom stereocenters. The minimum Gasteiger partial charge on any atom is -0.264 e. The molecule has 16 heavy (non-hydrogen) atoms. The zero-order valence-electron chi connectivity index (χ0n) is 8.00. The number of rotatable bonds is 2. The first-order chi connectivity index (χ1) is 7.68. The van der Waals surface area contributed by atoms with E-state index < -0.39 is 4.92 Å². The summed E-state index contributed by atoms with van der Waals surface area (Å²) in [5.41, 5.74) is 1.17. The van der Waals surface area contributed by atoms with E-state index in [-0.39, 0.29) is 10.8 Å². The number of halogens is 1. The Labute approximate surface area is 95.9 Å². The summed E-state index contributed by atoms with van der Waals surface area (Å²) in [6.45, 7) is 0. The topological polar surface area (TPSA) is 68.9 Å². The van der Waals surface area contributed by atoms with E-state index in [2.05, 4.69) is 9.97 Å². The lowest BCUT2D eigenvalue weighted by atomic mass is 10.1. The van der Waals surface area contributed by atoms with Gasteiger partial charge in [-0.3, -0.25) is 15.1 Å². The number of nitrogens with zero attached hydrogens (tertiary/aromatic N) is 3. The molecule has 2 aromatic heterocycles. The van der Waals surface area contributed by atoms with Crippen LogP contribution in [0.1, 0.15) is 0 Å². The molecule has 6 heteroatoms. The van der Waals surface area contributed by atoms with Gasteiger partial charge < -0.3 is 0 Å². The van der Waals surface area contributed by atoms with Crippen molar-refractivity contribution in [3.63, 3.8) is 0 Å². The van der Waals surface area contributed by atoms with Crippen molar-refractivity contribution < 1.29 is 4.92 Å². The fraction of sp³-hybridized carbons (Fsp3) is 0. The van der Waals surface area contributed by atoms with Crippen LogP contribution in [0.5, 0.6) is 0 Å². The van der Waals surface area contributed by atoms with Crippen molar-refractivity contribution >= 4 is 17.3 Å². The van der Waals surface area contributed by atoms with Crippen LogP contribution in [0, 0.1) is 10.1 Å². The maximum Gasteiger partial charge on any atom is 0.307 e. The first kappa shape index (κ1) is 10.5. The van der Waals surface area contributed by atoms with Gasteiger partial charge in [-0.1, -0.05) is 17.7 Å². The van der Waals surface area contributed by atoms with E-state index in [1.54, 1.807) is 24.5 Å². The maximum atomic E-state index is 10.7. The lowest BCUT2D eigenvalue weighted by molar-refractivity contribution is -0.385. The second-order valence-electron chi connectivity index (χ2n) is 3.03. The zero-order chi connectivity index (χ0) is 11.5. The minimum atomic E-state index is -0.560. The summed E-state index contributed by atoms with van der Waals surface area (Å²) in [6.07, 6.45) is 4.71. The molecule has 0 aliphatic carbocycles. The number of aromatic nitrogens is 2. The monoisotopic (exact) mass is 235 g/mol. The highest BCUT2D eigenvalue weighted by Crippen LogP contribution is 2.27. The quantitative estimate of drug-likeness (QED) is 0.456. The number of nitro groups is 1. The Bertz CT molecular complexity index is 531. The molecule has 0 saturated carbocycles. The average Bonchev–Trinajstić information content (AvgIpc) is 2.30. The summed E-state index contributed by atoms with van der Waals surface area (Å²) in [4.78, 5) is 17.8. The molecule has 0 aliphatic heterocycles. The van der Waals surface area contributed by atoms with Crippen LogP contribution in [0.15, 0.2) is 36.8 Å². The highest BCUT2D eigenvalue weighted by atomic mass is 35.5. The molecule has 0 aromatic carbocycles. The SMILES string of the molecule is O=[N+]([O-])c1cc(-c2cccnc2)cnc1Cl. The molecule has 80 valence electrons. The predicted octanol–water partition coefficient (Wildman–Crippen LogP) is 2.71. The second-order valence-corrected chi connectivity index (χ2v) is 3.39. The Kier molecular flexibility index (Phi) is 2.78. The van der Waals surface area contributed by atoms with Crippen molar-refractivity contribution in [2.45, 2.75) is 0 Å². The first-order valence-corrected chi connectivity index (χ1v) is 4.76. The zero-order valence-corrected chi connectivity index (χ0v) is 8.76. The fourth-order valence-corrected chi connectivity index (χ4v) is 1.43. The lowest BCUT2D eigenvalue weighted by Crippen LogP contribution is -1.92. The van der Waals surface area contributed by atoms with E-state index in [1.807, 2.05) is 0 Å². The Morgan fingerprint density at radius 1 is 1.31 bits per heavy atom. The third-order valence-electron chi connectivity index (χ3n) is 2.01. The Balaban J connectivity index is 2.52. The van der Waals surface area contributed by atoms with Crippen LogP contribution in [-0.4, -0.2) is 14.9 Å². The van der Waals surface area contributed by atoms with Crippen molar-refractivity contribution in [1.29, 1.82) is 0 Å². The van der Waals surface area contributed by atoms with Gasteiger partial charge in [0.25, 0.3) is 0 Å². The van der Waals surface area contributed by atoms with Crippen molar-refractivity contribution in [3.05, 3.63) is 52.1 Å². The summed E-state index contributed by atoms with van der Waals surface area (Å²) in [5, 5.41) is 10.6. The van der Waals surface area contributed by atoms with Crippen molar-refractivity contribution in [2.75, 3.05) is 0 Å². The van der Waals surface area contributed by atoms with Gasteiger partial charge in [-0.25, -0.2) is 4.98 Å². The van der Waals surface area contributed by atoms with Crippen molar-refractivity contribution in [2.24, 2.45) is 0 Å². The van der Waals surface area contributed by atoms with Gasteiger partial charge in [0, 0.05) is 35.8 Å². The molecular weight excluding hydrogens is 230 g/mol. The van der Waals surface area contributed by atoms with Gasteiger partial charge in [0.15, 0.2) is 0 Å². The van der Waals surface area contributed by atoms with Crippen LogP contribution in [0.25, 0.3) is 11.1 Å². The van der Waals surface area contributed by atoms with Gasteiger partial charge in [-0.2, -0.15) is 0 Å². The van der Waals surface area contributed by atoms with Gasteiger partial charge in [-0.05, 0) is 6.07 Å². The minimum absolute atomic E-state index is 0.113. The van der Waals surface area contributed by atoms with Gasteiger partial charge in [0.1, 0.15) is 0 Å². The highest BCUT2D eigenvalue weighted by molar-refractivity contribution is 6.31. The van der Waals surface area contributed by atoms with Crippen molar-refractivity contribution in [1.82, 2.24) is 9.97 Å². The largest absolute Gasteiger partial charge is 0.307 e. The summed E-state index contributed by atoms with van der Waals surface area (Å²) in [6, 6.07) is 4.92. The van der Waals surface area contributed by atoms with Gasteiger partial charge >= 0.3 is 5.69 Å².